The molecule has 0 saturated carbocycles. The number of methoxy groups -OCH3 is 2. The van der Waals surface area contributed by atoms with Gasteiger partial charge in [-0.15, -0.1) is 0 Å². The lowest BCUT2D eigenvalue weighted by atomic mass is 10.1. The Morgan fingerprint density at radius 2 is 1.94 bits per heavy atom. The quantitative estimate of drug-likeness (QED) is 0.682. The van der Waals surface area contributed by atoms with Gasteiger partial charge in [0.05, 0.1) is 19.8 Å². The highest BCUT2D eigenvalue weighted by atomic mass is 16.5. The summed E-state index contributed by atoms with van der Waals surface area (Å²) in [5, 5.41) is 2.38. The maximum Gasteiger partial charge on any atom is 0.127 e. The molecule has 0 spiro atoms. The van der Waals surface area contributed by atoms with Gasteiger partial charge in [-0.3, -0.25) is 0 Å². The van der Waals surface area contributed by atoms with Gasteiger partial charge in [-0.2, -0.15) is 0 Å². The number of quaternary nitrogens is 2. The highest BCUT2D eigenvalue weighted by Crippen LogP contribution is 2.23. The standard InChI is InChI=1S/C13H20N2O2/c1-16-12-3-4-13(17-2)11(9-12)10-15-7-5-14-6-8-15/h3-4,9,14H,5-8,10H2,1-2H3/p+2. The molecule has 1 aromatic carbocycles. The number of rotatable bonds is 4. The zero-order valence-electron chi connectivity index (χ0n) is 10.7. The van der Waals surface area contributed by atoms with Crippen LogP contribution in [0.2, 0.25) is 0 Å². The first-order valence-electron chi connectivity index (χ1n) is 6.19. The Balaban J connectivity index is 2.11. The Morgan fingerprint density at radius 3 is 2.59 bits per heavy atom. The van der Waals surface area contributed by atoms with Crippen molar-refractivity contribution in [1.82, 2.24) is 0 Å². The molecule has 1 aromatic rings. The van der Waals surface area contributed by atoms with Crippen LogP contribution in [0.1, 0.15) is 5.56 Å². The molecule has 4 nitrogen and oxygen atoms in total. The van der Waals surface area contributed by atoms with Crippen molar-refractivity contribution >= 4 is 0 Å². The molecule has 2 rings (SSSR count). The van der Waals surface area contributed by atoms with Crippen molar-refractivity contribution in [3.63, 3.8) is 0 Å². The van der Waals surface area contributed by atoms with E-state index in [-0.39, 0.29) is 0 Å². The Bertz CT molecular complexity index is 362. The second kappa shape index (κ2) is 5.89. The van der Waals surface area contributed by atoms with E-state index < -0.39 is 0 Å². The second-order valence-electron chi connectivity index (χ2n) is 4.47. The van der Waals surface area contributed by atoms with Gasteiger partial charge in [0.25, 0.3) is 0 Å². The van der Waals surface area contributed by atoms with Crippen LogP contribution < -0.4 is 19.7 Å². The van der Waals surface area contributed by atoms with Crippen molar-refractivity contribution in [1.29, 1.82) is 0 Å². The number of hydrogen-bond donors (Lipinski definition) is 2. The van der Waals surface area contributed by atoms with Crippen LogP contribution >= 0.6 is 0 Å². The van der Waals surface area contributed by atoms with E-state index in [1.54, 1.807) is 19.1 Å². The molecule has 4 heteroatoms. The third kappa shape index (κ3) is 3.11. The fourth-order valence-electron chi connectivity index (χ4n) is 2.35. The van der Waals surface area contributed by atoms with E-state index in [2.05, 4.69) is 11.4 Å². The van der Waals surface area contributed by atoms with Crippen molar-refractivity contribution in [3.8, 4) is 11.5 Å². The van der Waals surface area contributed by atoms with Gasteiger partial charge in [0.15, 0.2) is 0 Å². The van der Waals surface area contributed by atoms with Crippen LogP contribution in [-0.2, 0) is 6.54 Å². The van der Waals surface area contributed by atoms with E-state index in [9.17, 15) is 0 Å². The van der Waals surface area contributed by atoms with Crippen LogP contribution in [0.15, 0.2) is 18.2 Å². The minimum absolute atomic E-state index is 0.906. The van der Waals surface area contributed by atoms with E-state index in [4.69, 9.17) is 9.47 Å². The molecule has 17 heavy (non-hydrogen) atoms. The second-order valence-corrected chi connectivity index (χ2v) is 4.47. The lowest BCUT2D eigenvalue weighted by molar-refractivity contribution is -0.958. The maximum absolute atomic E-state index is 5.41. The summed E-state index contributed by atoms with van der Waals surface area (Å²) in [5.74, 6) is 1.87. The van der Waals surface area contributed by atoms with Gasteiger partial charge in [0, 0.05) is 0 Å². The van der Waals surface area contributed by atoms with Gasteiger partial charge in [-0.1, -0.05) is 0 Å². The number of hydrogen-bond acceptors (Lipinski definition) is 2. The molecule has 1 heterocycles. The van der Waals surface area contributed by atoms with Crippen LogP contribution in [0, 0.1) is 0 Å². The molecular weight excluding hydrogens is 216 g/mol. The molecule has 3 N–H and O–H groups in total. The topological polar surface area (TPSA) is 39.5 Å². The summed E-state index contributed by atoms with van der Waals surface area (Å²) >= 11 is 0. The van der Waals surface area contributed by atoms with Crippen molar-refractivity contribution in [2.24, 2.45) is 0 Å². The summed E-state index contributed by atoms with van der Waals surface area (Å²) < 4.78 is 10.7. The summed E-state index contributed by atoms with van der Waals surface area (Å²) in [6.45, 7) is 5.91. The first-order valence-corrected chi connectivity index (χ1v) is 6.19. The number of benzene rings is 1. The number of piperazine rings is 1. The SMILES string of the molecule is COc1ccc(OC)c(C[NH+]2CC[NH2+]CC2)c1. The Labute approximate surface area is 103 Å². The first kappa shape index (κ1) is 12.2. The normalized spacial score (nSPS) is 16.8. The van der Waals surface area contributed by atoms with Crippen molar-refractivity contribution < 1.29 is 19.7 Å². The third-order valence-electron chi connectivity index (χ3n) is 3.33. The Hall–Kier alpha value is -1.26. The van der Waals surface area contributed by atoms with Crippen LogP contribution in [0.5, 0.6) is 11.5 Å². The summed E-state index contributed by atoms with van der Waals surface area (Å²) in [6, 6.07) is 6.02. The van der Waals surface area contributed by atoms with E-state index in [1.807, 2.05) is 12.1 Å². The summed E-state index contributed by atoms with van der Waals surface area (Å²) in [7, 11) is 3.43. The van der Waals surface area contributed by atoms with E-state index >= 15 is 0 Å². The number of nitrogens with one attached hydrogen (secondary N) is 1. The van der Waals surface area contributed by atoms with Crippen molar-refractivity contribution in [2.45, 2.75) is 6.54 Å². The predicted molar refractivity (Wildman–Crippen MR) is 65.6 cm³/mol. The minimum Gasteiger partial charge on any atom is -0.497 e. The summed E-state index contributed by atoms with van der Waals surface area (Å²) in [6.07, 6.45) is 0. The molecule has 0 radical (unpaired) electrons. The molecule has 1 aliphatic heterocycles. The number of nitrogens with two attached hydrogens (primary N) is 1. The molecule has 0 unspecified atom stereocenters. The molecule has 1 aliphatic rings. The molecule has 0 bridgehead atoms. The smallest absolute Gasteiger partial charge is 0.127 e. The molecule has 0 aliphatic carbocycles. The van der Waals surface area contributed by atoms with Gasteiger partial charge in [0.2, 0.25) is 0 Å². The van der Waals surface area contributed by atoms with Gasteiger partial charge < -0.3 is 19.7 Å². The van der Waals surface area contributed by atoms with E-state index in [0.29, 0.717) is 0 Å². The average molecular weight is 238 g/mol. The number of ether oxygens (including phenoxy) is 2. The zero-order chi connectivity index (χ0) is 12.1. The lowest BCUT2D eigenvalue weighted by Crippen LogP contribution is -3.19. The van der Waals surface area contributed by atoms with Crippen molar-refractivity contribution in [3.05, 3.63) is 23.8 Å². The van der Waals surface area contributed by atoms with Crippen LogP contribution in [-0.4, -0.2) is 40.4 Å². The molecule has 1 fully saturated rings. The third-order valence-corrected chi connectivity index (χ3v) is 3.33. The summed E-state index contributed by atoms with van der Waals surface area (Å²) in [5.41, 5.74) is 1.24. The summed E-state index contributed by atoms with van der Waals surface area (Å²) in [4.78, 5) is 1.62. The first-order chi connectivity index (χ1) is 8.33. The Morgan fingerprint density at radius 1 is 1.18 bits per heavy atom. The van der Waals surface area contributed by atoms with E-state index in [1.165, 1.54) is 31.7 Å². The lowest BCUT2D eigenvalue weighted by Gasteiger charge is -2.23. The highest BCUT2D eigenvalue weighted by molar-refractivity contribution is 5.39. The van der Waals surface area contributed by atoms with Crippen LogP contribution in [0.3, 0.4) is 0 Å². The molecule has 0 atom stereocenters. The Kier molecular flexibility index (Phi) is 4.23. The van der Waals surface area contributed by atoms with Gasteiger partial charge in [0.1, 0.15) is 44.2 Å². The molecule has 0 aromatic heterocycles. The average Bonchev–Trinajstić information content (AvgIpc) is 2.40. The molecule has 1 saturated heterocycles. The van der Waals surface area contributed by atoms with Crippen LogP contribution in [0.25, 0.3) is 0 Å². The monoisotopic (exact) mass is 238 g/mol. The fourth-order valence-corrected chi connectivity index (χ4v) is 2.35. The van der Waals surface area contributed by atoms with E-state index in [0.717, 1.165) is 18.0 Å². The predicted octanol–water partition coefficient (Wildman–Crippen LogP) is -1.33. The van der Waals surface area contributed by atoms with Crippen molar-refractivity contribution in [2.75, 3.05) is 40.4 Å². The molecule has 94 valence electrons. The molecule has 0 amide bonds. The largest absolute Gasteiger partial charge is 0.497 e. The maximum atomic E-state index is 5.41. The van der Waals surface area contributed by atoms with Gasteiger partial charge in [-0.25, -0.2) is 0 Å². The van der Waals surface area contributed by atoms with Crippen LogP contribution in [0.4, 0.5) is 0 Å². The molecular formula is C13H22N2O2+2. The van der Waals surface area contributed by atoms with Gasteiger partial charge in [-0.05, 0) is 18.2 Å². The van der Waals surface area contributed by atoms with Gasteiger partial charge >= 0.3 is 0 Å². The zero-order valence-corrected chi connectivity index (χ0v) is 10.7. The minimum atomic E-state index is 0.906. The fraction of sp³-hybridized carbons (Fsp3) is 0.538. The highest BCUT2D eigenvalue weighted by Gasteiger charge is 2.18.